The normalized spacial score (nSPS) is 18.3. The van der Waals surface area contributed by atoms with Crippen LogP contribution in [0.25, 0.3) is 10.9 Å². The van der Waals surface area contributed by atoms with Crippen LogP contribution >= 0.6 is 11.6 Å². The van der Waals surface area contributed by atoms with Gasteiger partial charge in [0.15, 0.2) is 5.96 Å². The second kappa shape index (κ2) is 8.59. The van der Waals surface area contributed by atoms with Gasteiger partial charge >= 0.3 is 0 Å². The summed E-state index contributed by atoms with van der Waals surface area (Å²) in [5.74, 6) is 1.59. The first kappa shape index (κ1) is 18.1. The summed E-state index contributed by atoms with van der Waals surface area (Å²) in [5.41, 5.74) is 2.40. The number of aromatic amines is 1. The first-order valence-electron chi connectivity index (χ1n) is 9.00. The van der Waals surface area contributed by atoms with E-state index in [0.29, 0.717) is 5.92 Å². The van der Waals surface area contributed by atoms with Crippen molar-refractivity contribution in [1.82, 2.24) is 15.2 Å². The SMILES string of the molecule is CCOCC1CCN(C(=NC)NCCc2c[nH]c3ccc(Cl)cc23)C1. The molecule has 0 aliphatic carbocycles. The van der Waals surface area contributed by atoms with Gasteiger partial charge in [0.2, 0.25) is 0 Å². The monoisotopic (exact) mass is 362 g/mol. The van der Waals surface area contributed by atoms with Crippen LogP contribution in [0.5, 0.6) is 0 Å². The molecule has 1 aromatic carbocycles. The van der Waals surface area contributed by atoms with Crippen LogP contribution in [0.15, 0.2) is 29.4 Å². The molecule has 1 fully saturated rings. The average Bonchev–Trinajstić information content (AvgIpc) is 3.24. The maximum absolute atomic E-state index is 6.12. The molecule has 0 radical (unpaired) electrons. The van der Waals surface area contributed by atoms with Crippen LogP contribution in [0.4, 0.5) is 0 Å². The lowest BCUT2D eigenvalue weighted by atomic mass is 10.1. The maximum Gasteiger partial charge on any atom is 0.193 e. The minimum atomic E-state index is 0.606. The lowest BCUT2D eigenvalue weighted by Gasteiger charge is -2.21. The number of hydrogen-bond donors (Lipinski definition) is 2. The molecule has 1 atom stereocenters. The number of nitrogens with zero attached hydrogens (tertiary/aromatic N) is 2. The predicted molar refractivity (Wildman–Crippen MR) is 105 cm³/mol. The Hall–Kier alpha value is -1.72. The van der Waals surface area contributed by atoms with Crippen LogP contribution < -0.4 is 5.32 Å². The number of H-pyrrole nitrogens is 1. The van der Waals surface area contributed by atoms with Crippen molar-refractivity contribution in [3.8, 4) is 0 Å². The van der Waals surface area contributed by atoms with Crippen LogP contribution in [-0.2, 0) is 11.2 Å². The molecule has 1 aliphatic heterocycles. The topological polar surface area (TPSA) is 52.6 Å². The van der Waals surface area contributed by atoms with Crippen LogP contribution in [0.3, 0.4) is 0 Å². The van der Waals surface area contributed by atoms with Crippen LogP contribution in [0, 0.1) is 5.92 Å². The zero-order chi connectivity index (χ0) is 17.6. The van der Waals surface area contributed by atoms with Crippen molar-refractivity contribution < 1.29 is 4.74 Å². The molecule has 1 aliphatic rings. The van der Waals surface area contributed by atoms with Gasteiger partial charge in [-0.25, -0.2) is 0 Å². The van der Waals surface area contributed by atoms with Gasteiger partial charge in [0.05, 0.1) is 6.61 Å². The lowest BCUT2D eigenvalue weighted by Crippen LogP contribution is -2.41. The van der Waals surface area contributed by atoms with Gasteiger partial charge in [-0.3, -0.25) is 4.99 Å². The molecular formula is C19H27ClN4O. The molecule has 2 heterocycles. The third kappa shape index (κ3) is 4.47. The van der Waals surface area contributed by atoms with Crippen molar-refractivity contribution in [2.24, 2.45) is 10.9 Å². The van der Waals surface area contributed by atoms with Gasteiger partial charge in [-0.15, -0.1) is 0 Å². The summed E-state index contributed by atoms with van der Waals surface area (Å²) in [6, 6.07) is 5.96. The number of likely N-dealkylation sites (tertiary alicyclic amines) is 1. The standard InChI is InChI=1S/C19H27ClN4O/c1-3-25-13-14-7-9-24(12-14)19(21-2)22-8-6-15-11-23-18-5-4-16(20)10-17(15)18/h4-5,10-11,14,23H,3,6-9,12-13H2,1-2H3,(H,21,22). The van der Waals surface area contributed by atoms with E-state index in [1.165, 1.54) is 17.4 Å². The number of fused-ring (bicyclic) bond motifs is 1. The Labute approximate surface area is 154 Å². The van der Waals surface area contributed by atoms with Gasteiger partial charge < -0.3 is 19.9 Å². The van der Waals surface area contributed by atoms with Gasteiger partial charge in [-0.2, -0.15) is 0 Å². The van der Waals surface area contributed by atoms with Crippen LogP contribution in [-0.4, -0.2) is 55.7 Å². The molecule has 1 unspecified atom stereocenters. The van der Waals surface area contributed by atoms with E-state index in [4.69, 9.17) is 16.3 Å². The van der Waals surface area contributed by atoms with E-state index < -0.39 is 0 Å². The summed E-state index contributed by atoms with van der Waals surface area (Å²) >= 11 is 6.12. The van der Waals surface area contributed by atoms with E-state index >= 15 is 0 Å². The van der Waals surface area contributed by atoms with E-state index in [1.807, 2.05) is 32.2 Å². The highest BCUT2D eigenvalue weighted by Gasteiger charge is 2.24. The highest BCUT2D eigenvalue weighted by atomic mass is 35.5. The Morgan fingerprint density at radius 2 is 2.36 bits per heavy atom. The molecule has 2 N–H and O–H groups in total. The van der Waals surface area contributed by atoms with Crippen molar-refractivity contribution in [3.63, 3.8) is 0 Å². The molecule has 0 amide bonds. The first-order chi connectivity index (χ1) is 12.2. The summed E-state index contributed by atoms with van der Waals surface area (Å²) in [5, 5.41) is 5.46. The number of aromatic nitrogens is 1. The molecule has 0 saturated carbocycles. The summed E-state index contributed by atoms with van der Waals surface area (Å²) in [4.78, 5) is 10.1. The minimum Gasteiger partial charge on any atom is -0.381 e. The fourth-order valence-electron chi connectivity index (χ4n) is 3.44. The second-order valence-electron chi connectivity index (χ2n) is 6.49. The first-order valence-corrected chi connectivity index (χ1v) is 9.38. The van der Waals surface area contributed by atoms with E-state index in [9.17, 15) is 0 Å². The third-order valence-electron chi connectivity index (χ3n) is 4.76. The molecule has 5 nitrogen and oxygen atoms in total. The van der Waals surface area contributed by atoms with Crippen molar-refractivity contribution in [1.29, 1.82) is 0 Å². The van der Waals surface area contributed by atoms with Crippen LogP contribution in [0.1, 0.15) is 18.9 Å². The molecule has 1 aromatic heterocycles. The highest BCUT2D eigenvalue weighted by molar-refractivity contribution is 6.31. The fraction of sp³-hybridized carbons (Fsp3) is 0.526. The molecule has 2 aromatic rings. The number of nitrogens with one attached hydrogen (secondary N) is 2. The summed E-state index contributed by atoms with van der Waals surface area (Å²) in [7, 11) is 1.85. The Balaban J connectivity index is 1.52. The quantitative estimate of drug-likeness (QED) is 0.612. The van der Waals surface area contributed by atoms with Crippen molar-refractivity contribution >= 4 is 28.5 Å². The number of halogens is 1. The van der Waals surface area contributed by atoms with E-state index in [2.05, 4.69) is 26.4 Å². The van der Waals surface area contributed by atoms with E-state index in [-0.39, 0.29) is 0 Å². The number of rotatable bonds is 6. The third-order valence-corrected chi connectivity index (χ3v) is 5.00. The molecule has 6 heteroatoms. The molecule has 3 rings (SSSR count). The number of guanidine groups is 1. The molecule has 1 saturated heterocycles. The Kier molecular flexibility index (Phi) is 6.21. The highest BCUT2D eigenvalue weighted by Crippen LogP contribution is 2.22. The number of aliphatic imine (C=N–C) groups is 1. The van der Waals surface area contributed by atoms with Crippen molar-refractivity contribution in [3.05, 3.63) is 35.0 Å². The average molecular weight is 363 g/mol. The van der Waals surface area contributed by atoms with Crippen molar-refractivity contribution in [2.45, 2.75) is 19.8 Å². The lowest BCUT2D eigenvalue weighted by molar-refractivity contribution is 0.114. The largest absolute Gasteiger partial charge is 0.381 e. The summed E-state index contributed by atoms with van der Waals surface area (Å²) in [6.07, 6.45) is 4.16. The number of ether oxygens (including phenoxy) is 1. The van der Waals surface area contributed by atoms with Gasteiger partial charge in [-0.05, 0) is 43.5 Å². The minimum absolute atomic E-state index is 0.606. The van der Waals surface area contributed by atoms with Gasteiger partial charge in [0.25, 0.3) is 0 Å². The molecule has 0 spiro atoms. The van der Waals surface area contributed by atoms with Gasteiger partial charge in [-0.1, -0.05) is 11.6 Å². The smallest absolute Gasteiger partial charge is 0.193 e. The van der Waals surface area contributed by atoms with Gasteiger partial charge in [0, 0.05) is 61.3 Å². The molecule has 136 valence electrons. The van der Waals surface area contributed by atoms with E-state index in [1.54, 1.807) is 0 Å². The summed E-state index contributed by atoms with van der Waals surface area (Å²) < 4.78 is 5.56. The van der Waals surface area contributed by atoms with Crippen LogP contribution in [0.2, 0.25) is 5.02 Å². The predicted octanol–water partition coefficient (Wildman–Crippen LogP) is 3.30. The number of benzene rings is 1. The molecule has 25 heavy (non-hydrogen) atoms. The fourth-order valence-corrected chi connectivity index (χ4v) is 3.62. The van der Waals surface area contributed by atoms with E-state index in [0.717, 1.165) is 55.8 Å². The Bertz CT molecular complexity index is 727. The second-order valence-corrected chi connectivity index (χ2v) is 6.92. The zero-order valence-electron chi connectivity index (χ0n) is 15.0. The van der Waals surface area contributed by atoms with Gasteiger partial charge in [0.1, 0.15) is 0 Å². The zero-order valence-corrected chi connectivity index (χ0v) is 15.8. The maximum atomic E-state index is 6.12. The summed E-state index contributed by atoms with van der Waals surface area (Å²) in [6.45, 7) is 6.59. The Morgan fingerprint density at radius 1 is 1.48 bits per heavy atom. The van der Waals surface area contributed by atoms with Crippen molar-refractivity contribution in [2.75, 3.05) is 39.9 Å². The number of hydrogen-bond acceptors (Lipinski definition) is 2. The molecule has 0 bridgehead atoms. The Morgan fingerprint density at radius 3 is 3.16 bits per heavy atom. The molecular weight excluding hydrogens is 336 g/mol.